The summed E-state index contributed by atoms with van der Waals surface area (Å²) in [5.74, 6) is 1.87. The minimum Gasteiger partial charge on any atom is -0.294 e. The molecule has 2 aliphatic rings. The molecule has 2 rings (SSSR count). The molecule has 0 saturated heterocycles. The molecule has 0 aromatic heterocycles. The predicted octanol–water partition coefficient (Wildman–Crippen LogP) is 2.66. The highest BCUT2D eigenvalue weighted by atomic mass is 14.8. The lowest BCUT2D eigenvalue weighted by Crippen LogP contribution is -2.23. The van der Waals surface area contributed by atoms with Crippen LogP contribution in [0.4, 0.5) is 0 Å². The molecule has 62 valence electrons. The first-order valence-electron chi connectivity index (χ1n) is 4.95. The minimum atomic E-state index is 0.897. The molecule has 2 atom stereocenters. The van der Waals surface area contributed by atoms with E-state index in [1.807, 2.05) is 0 Å². The van der Waals surface area contributed by atoms with Crippen molar-refractivity contribution in [1.82, 2.24) is 0 Å². The number of hydrogen-bond acceptors (Lipinski definition) is 1. The lowest BCUT2D eigenvalue weighted by Gasteiger charge is -2.26. The zero-order valence-corrected chi connectivity index (χ0v) is 7.34. The van der Waals surface area contributed by atoms with Crippen molar-refractivity contribution in [2.24, 2.45) is 16.8 Å². The Labute approximate surface area is 68.9 Å². The van der Waals surface area contributed by atoms with E-state index in [4.69, 9.17) is 0 Å². The van der Waals surface area contributed by atoms with Gasteiger partial charge in [-0.2, -0.15) is 0 Å². The summed E-state index contributed by atoms with van der Waals surface area (Å²) < 4.78 is 0. The Bertz CT molecular complexity index is 172. The number of fused-ring (bicyclic) bond motifs is 1. The Hall–Kier alpha value is -0.330. The van der Waals surface area contributed by atoms with Gasteiger partial charge in [0, 0.05) is 12.3 Å². The molecule has 11 heavy (non-hydrogen) atoms. The van der Waals surface area contributed by atoms with Gasteiger partial charge in [-0.1, -0.05) is 13.3 Å². The van der Waals surface area contributed by atoms with Crippen LogP contribution in [0.1, 0.15) is 39.0 Å². The molecule has 1 heteroatoms. The summed E-state index contributed by atoms with van der Waals surface area (Å²) in [6, 6.07) is 0. The number of nitrogens with zero attached hydrogens (tertiary/aromatic N) is 1. The molecule has 1 heterocycles. The Morgan fingerprint density at radius 3 is 3.18 bits per heavy atom. The average Bonchev–Trinajstić information content (AvgIpc) is 2.50. The van der Waals surface area contributed by atoms with Crippen molar-refractivity contribution >= 4 is 5.71 Å². The van der Waals surface area contributed by atoms with E-state index in [1.165, 1.54) is 32.1 Å². The summed E-state index contributed by atoms with van der Waals surface area (Å²) >= 11 is 0. The lowest BCUT2D eigenvalue weighted by atomic mass is 9.83. The van der Waals surface area contributed by atoms with Gasteiger partial charge in [-0.25, -0.2) is 0 Å². The first-order chi connectivity index (χ1) is 5.42. The maximum Gasteiger partial charge on any atom is 0.0391 e. The summed E-state index contributed by atoms with van der Waals surface area (Å²) in [4.78, 5) is 4.61. The van der Waals surface area contributed by atoms with Crippen molar-refractivity contribution in [2.45, 2.75) is 39.0 Å². The van der Waals surface area contributed by atoms with Crippen LogP contribution in [-0.4, -0.2) is 12.3 Å². The van der Waals surface area contributed by atoms with E-state index in [1.54, 1.807) is 5.71 Å². The second-order valence-electron chi connectivity index (χ2n) is 3.83. The van der Waals surface area contributed by atoms with Crippen LogP contribution in [0, 0.1) is 11.8 Å². The first kappa shape index (κ1) is 7.33. The molecule has 0 aromatic carbocycles. The van der Waals surface area contributed by atoms with Crippen molar-refractivity contribution in [1.29, 1.82) is 0 Å². The maximum atomic E-state index is 4.61. The Balaban J connectivity index is 2.12. The second-order valence-corrected chi connectivity index (χ2v) is 3.83. The van der Waals surface area contributed by atoms with E-state index in [9.17, 15) is 0 Å². The van der Waals surface area contributed by atoms with E-state index < -0.39 is 0 Å². The Morgan fingerprint density at radius 2 is 2.36 bits per heavy atom. The predicted molar refractivity (Wildman–Crippen MR) is 48.0 cm³/mol. The monoisotopic (exact) mass is 151 g/mol. The highest BCUT2D eigenvalue weighted by Gasteiger charge is 2.31. The molecule has 0 radical (unpaired) electrons. The van der Waals surface area contributed by atoms with E-state index >= 15 is 0 Å². The zero-order valence-electron chi connectivity index (χ0n) is 7.34. The van der Waals surface area contributed by atoms with Crippen molar-refractivity contribution < 1.29 is 0 Å². The molecule has 1 aliphatic heterocycles. The summed E-state index contributed by atoms with van der Waals surface area (Å²) in [7, 11) is 0. The van der Waals surface area contributed by atoms with Gasteiger partial charge in [0.1, 0.15) is 0 Å². The molecular weight excluding hydrogens is 134 g/mol. The number of hydrogen-bond donors (Lipinski definition) is 0. The van der Waals surface area contributed by atoms with Crippen LogP contribution < -0.4 is 0 Å². The third kappa shape index (κ3) is 1.21. The van der Waals surface area contributed by atoms with Gasteiger partial charge in [0.05, 0.1) is 0 Å². The molecule has 1 fully saturated rings. The van der Waals surface area contributed by atoms with Crippen LogP contribution in [0.15, 0.2) is 4.99 Å². The largest absolute Gasteiger partial charge is 0.294 e. The fourth-order valence-corrected chi connectivity index (χ4v) is 2.62. The van der Waals surface area contributed by atoms with Crippen molar-refractivity contribution in [2.75, 3.05) is 6.54 Å². The third-order valence-electron chi connectivity index (χ3n) is 3.28. The topological polar surface area (TPSA) is 12.4 Å². The van der Waals surface area contributed by atoms with Crippen molar-refractivity contribution in [3.05, 3.63) is 0 Å². The third-order valence-corrected chi connectivity index (χ3v) is 3.28. The fourth-order valence-electron chi connectivity index (χ4n) is 2.62. The Morgan fingerprint density at radius 1 is 1.45 bits per heavy atom. The summed E-state index contributed by atoms with van der Waals surface area (Å²) in [6.45, 7) is 3.44. The molecule has 0 spiro atoms. The molecule has 0 unspecified atom stereocenters. The highest BCUT2D eigenvalue weighted by Crippen LogP contribution is 2.35. The van der Waals surface area contributed by atoms with Crippen LogP contribution in [0.5, 0.6) is 0 Å². The molecular formula is C10H17N. The van der Waals surface area contributed by atoms with Gasteiger partial charge in [-0.05, 0) is 37.5 Å². The van der Waals surface area contributed by atoms with E-state index in [-0.39, 0.29) is 0 Å². The van der Waals surface area contributed by atoms with Crippen LogP contribution in [-0.2, 0) is 0 Å². The fraction of sp³-hybridized carbons (Fsp3) is 0.900. The smallest absolute Gasteiger partial charge is 0.0391 e. The summed E-state index contributed by atoms with van der Waals surface area (Å²) in [5.41, 5.74) is 1.56. The Kier molecular flexibility index (Phi) is 1.97. The standard InChI is InChI=1S/C10H17N/c1-2-8-6-7-11-10-5-3-4-9(8)10/h8-9H,2-7H2,1H3/t8-,9+/m1/s1. The lowest BCUT2D eigenvalue weighted by molar-refractivity contribution is 0.365. The highest BCUT2D eigenvalue weighted by molar-refractivity contribution is 5.89. The van der Waals surface area contributed by atoms with Crippen LogP contribution >= 0.6 is 0 Å². The molecule has 0 aromatic rings. The summed E-state index contributed by atoms with van der Waals surface area (Å²) in [6.07, 6.45) is 6.85. The van der Waals surface area contributed by atoms with Crippen LogP contribution in [0.3, 0.4) is 0 Å². The molecule has 0 N–H and O–H groups in total. The van der Waals surface area contributed by atoms with Gasteiger partial charge >= 0.3 is 0 Å². The molecule has 0 amide bonds. The van der Waals surface area contributed by atoms with Gasteiger partial charge in [-0.3, -0.25) is 4.99 Å². The van der Waals surface area contributed by atoms with Gasteiger partial charge in [-0.15, -0.1) is 0 Å². The molecule has 0 bridgehead atoms. The first-order valence-corrected chi connectivity index (χ1v) is 4.95. The van der Waals surface area contributed by atoms with Crippen LogP contribution in [0.25, 0.3) is 0 Å². The average molecular weight is 151 g/mol. The van der Waals surface area contributed by atoms with Gasteiger partial charge < -0.3 is 0 Å². The normalized spacial score (nSPS) is 36.6. The second kappa shape index (κ2) is 2.96. The quantitative estimate of drug-likeness (QED) is 0.546. The van der Waals surface area contributed by atoms with Crippen molar-refractivity contribution in [3.63, 3.8) is 0 Å². The number of rotatable bonds is 1. The molecule has 1 saturated carbocycles. The molecule has 1 nitrogen and oxygen atoms in total. The van der Waals surface area contributed by atoms with Gasteiger partial charge in [0.25, 0.3) is 0 Å². The van der Waals surface area contributed by atoms with Crippen molar-refractivity contribution in [3.8, 4) is 0 Å². The minimum absolute atomic E-state index is 0.897. The van der Waals surface area contributed by atoms with E-state index in [2.05, 4.69) is 11.9 Å². The van der Waals surface area contributed by atoms with Crippen LogP contribution in [0.2, 0.25) is 0 Å². The van der Waals surface area contributed by atoms with E-state index in [0.29, 0.717) is 0 Å². The van der Waals surface area contributed by atoms with Gasteiger partial charge in [0.2, 0.25) is 0 Å². The van der Waals surface area contributed by atoms with E-state index in [0.717, 1.165) is 18.4 Å². The zero-order chi connectivity index (χ0) is 7.68. The maximum absolute atomic E-state index is 4.61. The van der Waals surface area contributed by atoms with Gasteiger partial charge in [0.15, 0.2) is 0 Å². The number of aliphatic imine (C=N–C) groups is 1. The SMILES string of the molecule is CC[C@@H]1CCN=C2CCC[C@H]21. The summed E-state index contributed by atoms with van der Waals surface area (Å²) in [5, 5.41) is 0. The molecule has 1 aliphatic carbocycles.